The van der Waals surface area contributed by atoms with E-state index in [4.69, 9.17) is 0 Å². The predicted octanol–water partition coefficient (Wildman–Crippen LogP) is 0.0563. The average Bonchev–Trinajstić information content (AvgIpc) is 2.61. The van der Waals surface area contributed by atoms with E-state index < -0.39 is 0 Å². The SMILES string of the molecule is CC(=O)Nc1ccc(C(=O)NCCNC(=O)Cn2cnc(C)cc2=O)cc1. The number of rotatable bonds is 7. The molecule has 0 unspecified atom stereocenters. The van der Waals surface area contributed by atoms with E-state index >= 15 is 0 Å². The number of hydrogen-bond donors (Lipinski definition) is 3. The van der Waals surface area contributed by atoms with Crippen molar-refractivity contribution in [3.05, 3.63) is 58.3 Å². The Hall–Kier alpha value is -3.49. The van der Waals surface area contributed by atoms with Crippen molar-refractivity contribution in [3.63, 3.8) is 0 Å². The van der Waals surface area contributed by atoms with Crippen LogP contribution in [0.2, 0.25) is 0 Å². The molecule has 0 saturated heterocycles. The lowest BCUT2D eigenvalue weighted by Crippen LogP contribution is -2.37. The molecule has 0 fully saturated rings. The molecule has 3 amide bonds. The van der Waals surface area contributed by atoms with Gasteiger partial charge in [-0.15, -0.1) is 0 Å². The highest BCUT2D eigenvalue weighted by atomic mass is 16.2. The Morgan fingerprint density at radius 3 is 2.37 bits per heavy atom. The summed E-state index contributed by atoms with van der Waals surface area (Å²) in [5.41, 5.74) is 1.33. The van der Waals surface area contributed by atoms with E-state index in [2.05, 4.69) is 20.9 Å². The van der Waals surface area contributed by atoms with Gasteiger partial charge in [-0.25, -0.2) is 4.98 Å². The predicted molar refractivity (Wildman–Crippen MR) is 99.3 cm³/mol. The Bertz CT molecular complexity index is 889. The molecule has 0 aliphatic rings. The maximum absolute atomic E-state index is 12.0. The normalized spacial score (nSPS) is 10.1. The minimum atomic E-state index is -0.350. The van der Waals surface area contributed by atoms with E-state index in [-0.39, 0.29) is 42.9 Å². The number of nitrogens with zero attached hydrogens (tertiary/aromatic N) is 2. The zero-order chi connectivity index (χ0) is 19.8. The van der Waals surface area contributed by atoms with Crippen molar-refractivity contribution in [2.24, 2.45) is 0 Å². The summed E-state index contributed by atoms with van der Waals surface area (Å²) in [5.74, 6) is -0.833. The molecule has 0 saturated carbocycles. The molecule has 2 aromatic rings. The van der Waals surface area contributed by atoms with Crippen molar-refractivity contribution in [2.45, 2.75) is 20.4 Å². The van der Waals surface area contributed by atoms with Crippen LogP contribution in [0.5, 0.6) is 0 Å². The maximum atomic E-state index is 12.0. The highest BCUT2D eigenvalue weighted by molar-refractivity contribution is 5.95. The molecule has 0 aliphatic carbocycles. The number of aromatic nitrogens is 2. The first-order valence-electron chi connectivity index (χ1n) is 8.31. The molecular formula is C18H21N5O4. The maximum Gasteiger partial charge on any atom is 0.253 e. The van der Waals surface area contributed by atoms with Gasteiger partial charge in [-0.1, -0.05) is 0 Å². The summed E-state index contributed by atoms with van der Waals surface area (Å²) in [5, 5.41) is 7.91. The molecule has 1 heterocycles. The molecule has 9 nitrogen and oxygen atoms in total. The minimum Gasteiger partial charge on any atom is -0.353 e. The lowest BCUT2D eigenvalue weighted by molar-refractivity contribution is -0.121. The standard InChI is InChI=1S/C18H21N5O4/c1-12-9-17(26)23(11-21-12)10-16(25)19-7-8-20-18(27)14-3-5-15(6-4-14)22-13(2)24/h3-6,9,11H,7-8,10H2,1-2H3,(H,19,25)(H,20,27)(H,22,24). The third-order valence-corrected chi connectivity index (χ3v) is 3.53. The van der Waals surface area contributed by atoms with Crippen molar-refractivity contribution in [1.82, 2.24) is 20.2 Å². The molecule has 1 aromatic carbocycles. The first kappa shape index (κ1) is 19.8. The quantitative estimate of drug-likeness (QED) is 0.594. The van der Waals surface area contributed by atoms with Crippen LogP contribution < -0.4 is 21.5 Å². The van der Waals surface area contributed by atoms with E-state index in [9.17, 15) is 19.2 Å². The van der Waals surface area contributed by atoms with Gasteiger partial charge >= 0.3 is 0 Å². The number of benzene rings is 1. The van der Waals surface area contributed by atoms with Gasteiger partial charge in [-0.2, -0.15) is 0 Å². The van der Waals surface area contributed by atoms with E-state index in [0.29, 0.717) is 16.9 Å². The fourth-order valence-electron chi connectivity index (χ4n) is 2.23. The van der Waals surface area contributed by atoms with Crippen molar-refractivity contribution in [1.29, 1.82) is 0 Å². The fourth-order valence-corrected chi connectivity index (χ4v) is 2.23. The third kappa shape index (κ3) is 6.38. The van der Waals surface area contributed by atoms with Crippen LogP contribution >= 0.6 is 0 Å². The molecule has 0 spiro atoms. The van der Waals surface area contributed by atoms with Gasteiger partial charge in [0.05, 0.1) is 6.33 Å². The number of nitrogens with one attached hydrogen (secondary N) is 3. The van der Waals surface area contributed by atoms with Gasteiger partial charge in [-0.05, 0) is 31.2 Å². The lowest BCUT2D eigenvalue weighted by atomic mass is 10.2. The van der Waals surface area contributed by atoms with Gasteiger partial charge in [0.2, 0.25) is 11.8 Å². The molecule has 2 rings (SSSR count). The first-order valence-corrected chi connectivity index (χ1v) is 8.31. The zero-order valence-corrected chi connectivity index (χ0v) is 15.1. The molecule has 27 heavy (non-hydrogen) atoms. The van der Waals surface area contributed by atoms with E-state index in [0.717, 1.165) is 0 Å². The minimum absolute atomic E-state index is 0.134. The largest absolute Gasteiger partial charge is 0.353 e. The van der Waals surface area contributed by atoms with Gasteiger partial charge < -0.3 is 16.0 Å². The van der Waals surface area contributed by atoms with E-state index in [1.54, 1.807) is 31.2 Å². The number of anilines is 1. The molecule has 0 radical (unpaired) electrons. The molecule has 142 valence electrons. The Balaban J connectivity index is 1.74. The Morgan fingerprint density at radius 2 is 1.74 bits per heavy atom. The van der Waals surface area contributed by atoms with Crippen LogP contribution in [0.3, 0.4) is 0 Å². The molecule has 0 aliphatic heterocycles. The monoisotopic (exact) mass is 371 g/mol. The van der Waals surface area contributed by atoms with Crippen molar-refractivity contribution < 1.29 is 14.4 Å². The van der Waals surface area contributed by atoms with Gasteiger partial charge in [0, 0.05) is 43.0 Å². The lowest BCUT2D eigenvalue weighted by Gasteiger charge is -2.09. The van der Waals surface area contributed by atoms with Crippen molar-refractivity contribution in [3.8, 4) is 0 Å². The summed E-state index contributed by atoms with van der Waals surface area (Å²) in [7, 11) is 0. The number of carbonyl (C=O) groups is 3. The second-order valence-electron chi connectivity index (χ2n) is 5.86. The average molecular weight is 371 g/mol. The summed E-state index contributed by atoms with van der Waals surface area (Å²) in [6.07, 6.45) is 1.32. The van der Waals surface area contributed by atoms with E-state index in [1.807, 2.05) is 0 Å². The van der Waals surface area contributed by atoms with Crippen LogP contribution in [-0.2, 0) is 16.1 Å². The van der Waals surface area contributed by atoms with Gasteiger partial charge in [0.1, 0.15) is 6.54 Å². The van der Waals surface area contributed by atoms with Crippen LogP contribution in [0.4, 0.5) is 5.69 Å². The summed E-state index contributed by atoms with van der Waals surface area (Å²) in [6.45, 7) is 3.43. The number of aryl methyl sites for hydroxylation is 1. The second-order valence-corrected chi connectivity index (χ2v) is 5.86. The van der Waals surface area contributed by atoms with Crippen molar-refractivity contribution in [2.75, 3.05) is 18.4 Å². The number of amides is 3. The highest BCUT2D eigenvalue weighted by Crippen LogP contribution is 2.09. The molecular weight excluding hydrogens is 350 g/mol. The molecule has 3 N–H and O–H groups in total. The highest BCUT2D eigenvalue weighted by Gasteiger charge is 2.07. The molecule has 0 atom stereocenters. The Kier molecular flexibility index (Phi) is 6.81. The molecule has 9 heteroatoms. The van der Waals surface area contributed by atoms with Crippen molar-refractivity contribution >= 4 is 23.4 Å². The molecule has 1 aromatic heterocycles. The number of hydrogen-bond acceptors (Lipinski definition) is 5. The van der Waals surface area contributed by atoms with Gasteiger partial charge in [0.25, 0.3) is 11.5 Å². The van der Waals surface area contributed by atoms with Crippen LogP contribution in [0.1, 0.15) is 23.0 Å². The van der Waals surface area contributed by atoms with Crippen LogP contribution in [0.15, 0.2) is 41.5 Å². The summed E-state index contributed by atoms with van der Waals surface area (Å²) in [6, 6.07) is 7.80. The third-order valence-electron chi connectivity index (χ3n) is 3.53. The van der Waals surface area contributed by atoms with Gasteiger partial charge in [0.15, 0.2) is 0 Å². The van der Waals surface area contributed by atoms with Crippen LogP contribution in [0, 0.1) is 6.92 Å². The molecule has 0 bridgehead atoms. The van der Waals surface area contributed by atoms with Crippen LogP contribution in [-0.4, -0.2) is 40.4 Å². The Morgan fingerprint density at radius 1 is 1.07 bits per heavy atom. The topological polar surface area (TPSA) is 122 Å². The summed E-state index contributed by atoms with van der Waals surface area (Å²) >= 11 is 0. The van der Waals surface area contributed by atoms with Gasteiger partial charge in [-0.3, -0.25) is 23.7 Å². The van der Waals surface area contributed by atoms with Crippen LogP contribution in [0.25, 0.3) is 0 Å². The summed E-state index contributed by atoms with van der Waals surface area (Å²) in [4.78, 5) is 50.5. The number of carbonyl (C=O) groups excluding carboxylic acids is 3. The zero-order valence-electron chi connectivity index (χ0n) is 15.1. The second kappa shape index (κ2) is 9.27. The smallest absolute Gasteiger partial charge is 0.253 e. The van der Waals surface area contributed by atoms with E-state index in [1.165, 1.54) is 23.9 Å². The fraction of sp³-hybridized carbons (Fsp3) is 0.278. The summed E-state index contributed by atoms with van der Waals surface area (Å²) < 4.78 is 1.21. The Labute approximate surface area is 155 Å². The first-order chi connectivity index (χ1) is 12.8.